The average Bonchev–Trinajstić information content (AvgIpc) is 3.21. The zero-order valence-electron chi connectivity index (χ0n) is 14.0. The lowest BCUT2D eigenvalue weighted by atomic mass is 9.77. The molecule has 8 heteroatoms. The summed E-state index contributed by atoms with van der Waals surface area (Å²) in [5.74, 6) is 0.401. The van der Waals surface area contributed by atoms with Crippen molar-refractivity contribution in [1.82, 2.24) is 19.6 Å². The van der Waals surface area contributed by atoms with Crippen LogP contribution in [0.25, 0.3) is 26.9 Å². The topological polar surface area (TPSA) is 75.3 Å². The van der Waals surface area contributed by atoms with E-state index >= 15 is 0 Å². The number of aliphatic hydroxyl groups is 1. The molecule has 1 aliphatic carbocycles. The van der Waals surface area contributed by atoms with Gasteiger partial charge in [-0.05, 0) is 31.9 Å². The zero-order valence-corrected chi connectivity index (χ0v) is 14.8. The zero-order chi connectivity index (χ0) is 17.9. The van der Waals surface area contributed by atoms with Gasteiger partial charge in [0.25, 0.3) is 0 Å². The summed E-state index contributed by atoms with van der Waals surface area (Å²) in [7, 11) is 0. The number of rotatable bonds is 3. The summed E-state index contributed by atoms with van der Waals surface area (Å²) in [6.45, 7) is 1.83. The van der Waals surface area contributed by atoms with E-state index in [4.69, 9.17) is 0 Å². The Kier molecular flexibility index (Phi) is 3.29. The van der Waals surface area contributed by atoms with E-state index in [0.717, 1.165) is 15.8 Å². The number of hydrogen-bond acceptors (Lipinski definition) is 6. The fraction of sp³-hybridized carbons (Fsp3) is 0.278. The minimum Gasteiger partial charge on any atom is -0.390 e. The van der Waals surface area contributed by atoms with Crippen LogP contribution < -0.4 is 5.32 Å². The minimum absolute atomic E-state index is 0.168. The van der Waals surface area contributed by atoms with Crippen LogP contribution in [-0.4, -0.2) is 36.3 Å². The normalized spacial score (nSPS) is 22.7. The van der Waals surface area contributed by atoms with Gasteiger partial charge in [0.15, 0.2) is 0 Å². The van der Waals surface area contributed by atoms with Crippen LogP contribution in [0.2, 0.25) is 0 Å². The van der Waals surface area contributed by atoms with Crippen molar-refractivity contribution in [2.24, 2.45) is 0 Å². The Balaban J connectivity index is 1.54. The molecule has 1 aliphatic rings. The molecule has 0 radical (unpaired) electrons. The number of hydrogen-bond donors (Lipinski definition) is 2. The fourth-order valence-corrected chi connectivity index (χ4v) is 4.41. The standard InChI is InChI=1S/C18H16FN5OS/c1-18(25)5-11(6-18)21-17-23-22-16(14-7-20-9-24(14)17)10-2-3-12-13(19)8-26-15(12)4-10/h2-4,7-9,11,25H,5-6H2,1H3,(H,21,23). The molecule has 3 aromatic heterocycles. The van der Waals surface area contributed by atoms with Crippen LogP contribution in [0.5, 0.6) is 0 Å². The van der Waals surface area contributed by atoms with Crippen LogP contribution in [-0.2, 0) is 0 Å². The van der Waals surface area contributed by atoms with Crippen molar-refractivity contribution in [3.8, 4) is 11.3 Å². The third kappa shape index (κ3) is 2.45. The maximum Gasteiger partial charge on any atom is 0.229 e. The van der Waals surface area contributed by atoms with E-state index in [9.17, 15) is 9.50 Å². The molecule has 1 saturated carbocycles. The lowest BCUT2D eigenvalue weighted by Crippen LogP contribution is -2.48. The molecule has 0 amide bonds. The van der Waals surface area contributed by atoms with E-state index in [1.807, 2.05) is 23.5 Å². The summed E-state index contributed by atoms with van der Waals surface area (Å²) >= 11 is 1.37. The van der Waals surface area contributed by atoms with Crippen molar-refractivity contribution < 1.29 is 9.50 Å². The molecular formula is C18H16FN5OS. The number of aromatic nitrogens is 4. The Labute approximate surface area is 152 Å². The van der Waals surface area contributed by atoms with Crippen LogP contribution in [0.15, 0.2) is 36.1 Å². The van der Waals surface area contributed by atoms with Crippen LogP contribution in [0, 0.1) is 5.82 Å². The van der Waals surface area contributed by atoms with Gasteiger partial charge in [0.05, 0.1) is 17.3 Å². The largest absolute Gasteiger partial charge is 0.390 e. The number of benzene rings is 1. The first kappa shape index (κ1) is 15.7. The van der Waals surface area contributed by atoms with Crippen molar-refractivity contribution >= 4 is 32.9 Å². The molecule has 2 N–H and O–H groups in total. The van der Waals surface area contributed by atoms with Gasteiger partial charge in [0, 0.05) is 27.1 Å². The highest BCUT2D eigenvalue weighted by molar-refractivity contribution is 7.17. The molecule has 0 saturated heterocycles. The molecule has 3 heterocycles. The number of halogens is 1. The summed E-state index contributed by atoms with van der Waals surface area (Å²) in [6, 6.07) is 5.72. The monoisotopic (exact) mass is 369 g/mol. The molecule has 1 fully saturated rings. The molecule has 0 spiro atoms. The molecule has 0 aliphatic heterocycles. The fourth-order valence-electron chi connectivity index (χ4n) is 3.57. The first-order valence-corrected chi connectivity index (χ1v) is 9.23. The molecule has 0 bridgehead atoms. The van der Waals surface area contributed by atoms with Crippen molar-refractivity contribution in [3.63, 3.8) is 0 Å². The quantitative estimate of drug-likeness (QED) is 0.578. The van der Waals surface area contributed by atoms with Gasteiger partial charge < -0.3 is 10.4 Å². The van der Waals surface area contributed by atoms with Crippen LogP contribution >= 0.6 is 11.3 Å². The van der Waals surface area contributed by atoms with Gasteiger partial charge in [0.1, 0.15) is 17.8 Å². The van der Waals surface area contributed by atoms with Crippen molar-refractivity contribution in [2.75, 3.05) is 5.32 Å². The summed E-state index contributed by atoms with van der Waals surface area (Å²) in [5.41, 5.74) is 1.79. The summed E-state index contributed by atoms with van der Waals surface area (Å²) in [5, 5.41) is 24.0. The predicted octanol–water partition coefficient (Wildman–Crippen LogP) is 3.47. The average molecular weight is 369 g/mol. The van der Waals surface area contributed by atoms with E-state index in [2.05, 4.69) is 20.5 Å². The third-order valence-corrected chi connectivity index (χ3v) is 5.78. The third-order valence-electron chi connectivity index (χ3n) is 4.86. The van der Waals surface area contributed by atoms with Gasteiger partial charge in [-0.25, -0.2) is 9.37 Å². The van der Waals surface area contributed by atoms with Crippen molar-refractivity contribution in [1.29, 1.82) is 0 Å². The van der Waals surface area contributed by atoms with Crippen molar-refractivity contribution in [3.05, 3.63) is 41.9 Å². The lowest BCUT2D eigenvalue weighted by molar-refractivity contribution is -0.0236. The highest BCUT2D eigenvalue weighted by Gasteiger charge is 2.38. The number of nitrogens with zero attached hydrogens (tertiary/aromatic N) is 4. The van der Waals surface area contributed by atoms with Crippen LogP contribution in [0.4, 0.5) is 10.3 Å². The summed E-state index contributed by atoms with van der Waals surface area (Å²) < 4.78 is 16.4. The Hall–Kier alpha value is -2.58. The van der Waals surface area contributed by atoms with E-state index < -0.39 is 5.60 Å². The van der Waals surface area contributed by atoms with Gasteiger partial charge >= 0.3 is 0 Å². The van der Waals surface area contributed by atoms with Gasteiger partial charge in [-0.3, -0.25) is 4.40 Å². The number of thiophene rings is 1. The summed E-state index contributed by atoms with van der Waals surface area (Å²) in [6.07, 6.45) is 4.78. The molecule has 5 rings (SSSR count). The Morgan fingerprint density at radius 2 is 2.19 bits per heavy atom. The number of anilines is 1. The SMILES string of the molecule is CC1(O)CC(Nc2nnc(-c3ccc4c(F)csc4c3)c3cncn23)C1. The minimum atomic E-state index is -0.607. The van der Waals surface area contributed by atoms with E-state index in [0.29, 0.717) is 29.9 Å². The predicted molar refractivity (Wildman–Crippen MR) is 98.8 cm³/mol. The first-order chi connectivity index (χ1) is 12.5. The number of nitrogens with one attached hydrogen (secondary N) is 1. The summed E-state index contributed by atoms with van der Waals surface area (Å²) in [4.78, 5) is 4.23. The molecule has 0 unspecified atom stereocenters. The molecule has 4 aromatic rings. The Morgan fingerprint density at radius 3 is 3.00 bits per heavy atom. The Bertz CT molecular complexity index is 1130. The van der Waals surface area contributed by atoms with Gasteiger partial charge in [0.2, 0.25) is 5.95 Å². The molecule has 132 valence electrons. The Morgan fingerprint density at radius 1 is 1.35 bits per heavy atom. The van der Waals surface area contributed by atoms with E-state index in [-0.39, 0.29) is 11.9 Å². The van der Waals surface area contributed by atoms with E-state index in [1.54, 1.807) is 18.6 Å². The lowest BCUT2D eigenvalue weighted by Gasteiger charge is -2.41. The number of fused-ring (bicyclic) bond motifs is 2. The van der Waals surface area contributed by atoms with Gasteiger partial charge in [-0.2, -0.15) is 0 Å². The van der Waals surface area contributed by atoms with E-state index in [1.165, 1.54) is 16.7 Å². The maximum absolute atomic E-state index is 13.7. The number of imidazole rings is 1. The maximum atomic E-state index is 13.7. The van der Waals surface area contributed by atoms with Crippen LogP contribution in [0.3, 0.4) is 0 Å². The molecule has 6 nitrogen and oxygen atoms in total. The molecule has 26 heavy (non-hydrogen) atoms. The smallest absolute Gasteiger partial charge is 0.229 e. The highest BCUT2D eigenvalue weighted by Crippen LogP contribution is 2.34. The second kappa shape index (κ2) is 5.46. The van der Waals surface area contributed by atoms with Crippen LogP contribution in [0.1, 0.15) is 19.8 Å². The highest BCUT2D eigenvalue weighted by atomic mass is 32.1. The van der Waals surface area contributed by atoms with Crippen molar-refractivity contribution in [2.45, 2.75) is 31.4 Å². The van der Waals surface area contributed by atoms with Gasteiger partial charge in [-0.15, -0.1) is 21.5 Å². The second-order valence-corrected chi connectivity index (χ2v) is 7.97. The second-order valence-electron chi connectivity index (χ2n) is 7.06. The molecular weight excluding hydrogens is 353 g/mol. The molecule has 0 atom stereocenters. The molecule has 1 aromatic carbocycles. The van der Waals surface area contributed by atoms with Gasteiger partial charge in [-0.1, -0.05) is 6.07 Å². The first-order valence-electron chi connectivity index (χ1n) is 8.35.